The Hall–Kier alpha value is -0.200. The van der Waals surface area contributed by atoms with Gasteiger partial charge >= 0.3 is 0 Å². The van der Waals surface area contributed by atoms with Gasteiger partial charge in [0.2, 0.25) is 0 Å². The minimum absolute atomic E-state index is 0.703. The Kier molecular flexibility index (Phi) is 13.4. The zero-order valence-corrected chi connectivity index (χ0v) is 16.6. The second-order valence-electron chi connectivity index (χ2n) is 7.42. The van der Waals surface area contributed by atoms with Crippen LogP contribution in [0.2, 0.25) is 0 Å². The molecular formula is C21H40O5. The molecule has 5 saturated heterocycles. The summed E-state index contributed by atoms with van der Waals surface area (Å²) >= 11 is 0. The van der Waals surface area contributed by atoms with E-state index in [1.807, 2.05) is 0 Å². The number of hydrogen-bond donors (Lipinski definition) is 0. The smallest absolute Gasteiger partial charge is 0.0841 e. The first-order valence-corrected chi connectivity index (χ1v) is 10.9. The third-order valence-electron chi connectivity index (χ3n) is 4.85. The van der Waals surface area contributed by atoms with E-state index in [0.717, 1.165) is 52.9 Å². The summed E-state index contributed by atoms with van der Waals surface area (Å²) in [6, 6.07) is 0. The first-order valence-electron chi connectivity index (χ1n) is 10.9. The number of epoxide rings is 2. The van der Waals surface area contributed by atoms with Gasteiger partial charge in [-0.15, -0.1) is 0 Å². The predicted octanol–water partition coefficient (Wildman–Crippen LogP) is 4.12. The first kappa shape index (κ1) is 22.1. The van der Waals surface area contributed by atoms with Crippen LogP contribution < -0.4 is 0 Å². The second kappa shape index (κ2) is 15.8. The third-order valence-corrected chi connectivity index (χ3v) is 4.85. The highest BCUT2D eigenvalue weighted by atomic mass is 16.6. The van der Waals surface area contributed by atoms with E-state index < -0.39 is 0 Å². The van der Waals surface area contributed by atoms with Crippen LogP contribution in [-0.2, 0) is 23.7 Å². The summed E-state index contributed by atoms with van der Waals surface area (Å²) in [5, 5.41) is 0. The summed E-state index contributed by atoms with van der Waals surface area (Å²) < 4.78 is 24.6. The van der Waals surface area contributed by atoms with Gasteiger partial charge in [0.25, 0.3) is 0 Å². The number of ether oxygens (including phenoxy) is 5. The Morgan fingerprint density at radius 2 is 0.731 bits per heavy atom. The van der Waals surface area contributed by atoms with E-state index in [1.54, 1.807) is 0 Å². The summed E-state index contributed by atoms with van der Waals surface area (Å²) in [5.74, 6) is 0. The Bertz CT molecular complexity index is 259. The zero-order chi connectivity index (χ0) is 18.1. The summed E-state index contributed by atoms with van der Waals surface area (Å²) in [6.45, 7) is 8.00. The molecule has 5 nitrogen and oxygen atoms in total. The van der Waals surface area contributed by atoms with Crippen LogP contribution in [0.25, 0.3) is 0 Å². The minimum Gasteiger partial charge on any atom is -0.381 e. The molecule has 0 amide bonds. The Balaban J connectivity index is 0.000000121. The van der Waals surface area contributed by atoms with Crippen molar-refractivity contribution in [1.82, 2.24) is 0 Å². The normalized spacial score (nSPS) is 30.5. The fourth-order valence-corrected chi connectivity index (χ4v) is 2.90. The summed E-state index contributed by atoms with van der Waals surface area (Å²) in [4.78, 5) is 0. The molecule has 26 heavy (non-hydrogen) atoms. The Labute approximate surface area is 160 Å². The molecule has 1 saturated carbocycles. The van der Waals surface area contributed by atoms with Gasteiger partial charge in [-0.1, -0.05) is 25.7 Å². The lowest BCUT2D eigenvalue weighted by Crippen LogP contribution is -2.09. The quantitative estimate of drug-likeness (QED) is 0.599. The number of rotatable bonds is 0. The molecule has 5 heteroatoms. The molecule has 6 fully saturated rings. The maximum absolute atomic E-state index is 5.28. The Morgan fingerprint density at radius 1 is 0.346 bits per heavy atom. The molecule has 0 N–H and O–H groups in total. The van der Waals surface area contributed by atoms with Crippen LogP contribution in [-0.4, -0.2) is 65.1 Å². The molecule has 0 bridgehead atoms. The maximum Gasteiger partial charge on any atom is 0.0841 e. The number of fused-ring (bicyclic) bond motifs is 1. The molecule has 1 aliphatic carbocycles. The molecule has 2 unspecified atom stereocenters. The van der Waals surface area contributed by atoms with Crippen molar-refractivity contribution < 1.29 is 23.7 Å². The SMILES string of the molecule is C1CCC2OC2C1.C1CCCOCC1.C1CCOC1.C1CO1.C1COC1. The van der Waals surface area contributed by atoms with E-state index in [2.05, 4.69) is 4.74 Å². The summed E-state index contributed by atoms with van der Waals surface area (Å²) in [6.07, 6.45) is 16.0. The van der Waals surface area contributed by atoms with Gasteiger partial charge in [-0.2, -0.15) is 0 Å². The average molecular weight is 373 g/mol. The van der Waals surface area contributed by atoms with E-state index in [9.17, 15) is 0 Å². The van der Waals surface area contributed by atoms with Crippen molar-refractivity contribution in [3.05, 3.63) is 0 Å². The molecule has 154 valence electrons. The molecular weight excluding hydrogens is 332 g/mol. The molecule has 2 atom stereocenters. The second-order valence-corrected chi connectivity index (χ2v) is 7.42. The van der Waals surface area contributed by atoms with Crippen LogP contribution in [0.15, 0.2) is 0 Å². The highest BCUT2D eigenvalue weighted by molar-refractivity contribution is 4.87. The molecule has 0 radical (unpaired) electrons. The van der Waals surface area contributed by atoms with Crippen LogP contribution in [0.1, 0.15) is 70.6 Å². The van der Waals surface area contributed by atoms with Gasteiger partial charge in [0.1, 0.15) is 0 Å². The van der Waals surface area contributed by atoms with Crippen molar-refractivity contribution in [3.63, 3.8) is 0 Å². The fourth-order valence-electron chi connectivity index (χ4n) is 2.90. The van der Waals surface area contributed by atoms with E-state index in [0.29, 0.717) is 12.2 Å². The molecule has 6 rings (SSSR count). The molecule has 6 aliphatic rings. The largest absolute Gasteiger partial charge is 0.381 e. The van der Waals surface area contributed by atoms with Gasteiger partial charge < -0.3 is 23.7 Å². The highest BCUT2D eigenvalue weighted by Gasteiger charge is 2.39. The lowest BCUT2D eigenvalue weighted by Gasteiger charge is -2.09. The van der Waals surface area contributed by atoms with Gasteiger partial charge in [-0.25, -0.2) is 0 Å². The maximum atomic E-state index is 5.28. The van der Waals surface area contributed by atoms with E-state index in [4.69, 9.17) is 18.9 Å². The van der Waals surface area contributed by atoms with Crippen LogP contribution in [0.3, 0.4) is 0 Å². The summed E-state index contributed by atoms with van der Waals surface area (Å²) in [7, 11) is 0. The monoisotopic (exact) mass is 372 g/mol. The van der Waals surface area contributed by atoms with Crippen molar-refractivity contribution >= 4 is 0 Å². The fraction of sp³-hybridized carbons (Fsp3) is 1.00. The molecule has 0 aromatic rings. The van der Waals surface area contributed by atoms with Crippen molar-refractivity contribution in [2.24, 2.45) is 0 Å². The van der Waals surface area contributed by atoms with Crippen LogP contribution in [0.5, 0.6) is 0 Å². The molecule has 5 heterocycles. The Morgan fingerprint density at radius 3 is 1.00 bits per heavy atom. The van der Waals surface area contributed by atoms with E-state index in [-0.39, 0.29) is 0 Å². The molecule has 0 aromatic heterocycles. The van der Waals surface area contributed by atoms with Crippen molar-refractivity contribution in [1.29, 1.82) is 0 Å². The van der Waals surface area contributed by atoms with Crippen LogP contribution in [0.4, 0.5) is 0 Å². The lowest BCUT2D eigenvalue weighted by molar-refractivity contribution is 0.0367. The van der Waals surface area contributed by atoms with Gasteiger partial charge in [-0.05, 0) is 44.9 Å². The van der Waals surface area contributed by atoms with Crippen LogP contribution >= 0.6 is 0 Å². The van der Waals surface area contributed by atoms with Gasteiger partial charge in [-0.3, -0.25) is 0 Å². The van der Waals surface area contributed by atoms with Gasteiger partial charge in [0, 0.05) is 39.6 Å². The topological polar surface area (TPSA) is 52.8 Å². The van der Waals surface area contributed by atoms with Gasteiger partial charge in [0.15, 0.2) is 0 Å². The molecule has 0 aromatic carbocycles. The summed E-state index contributed by atoms with van der Waals surface area (Å²) in [5.41, 5.74) is 0. The van der Waals surface area contributed by atoms with E-state index >= 15 is 0 Å². The molecule has 5 aliphatic heterocycles. The number of hydrogen-bond acceptors (Lipinski definition) is 5. The minimum atomic E-state index is 0.703. The average Bonchev–Trinajstić information content (AvgIpc) is 3.53. The first-order chi connectivity index (χ1) is 13.0. The van der Waals surface area contributed by atoms with E-state index in [1.165, 1.54) is 70.6 Å². The molecule has 0 spiro atoms. The van der Waals surface area contributed by atoms with Crippen LogP contribution in [0, 0.1) is 0 Å². The van der Waals surface area contributed by atoms with Crippen molar-refractivity contribution in [3.8, 4) is 0 Å². The van der Waals surface area contributed by atoms with Crippen molar-refractivity contribution in [2.45, 2.75) is 82.8 Å². The third kappa shape index (κ3) is 13.9. The highest BCUT2D eigenvalue weighted by Crippen LogP contribution is 2.35. The predicted molar refractivity (Wildman–Crippen MR) is 103 cm³/mol. The van der Waals surface area contributed by atoms with Gasteiger partial charge in [0.05, 0.1) is 25.4 Å². The van der Waals surface area contributed by atoms with Crippen molar-refractivity contribution in [2.75, 3.05) is 52.9 Å². The lowest BCUT2D eigenvalue weighted by atomic mass is 10.0. The zero-order valence-electron chi connectivity index (χ0n) is 16.6. The standard InChI is InChI=1S/C6H10O.C6H12O.C4H8O.C3H6O.C2H4O/c1-2-4-6-5(3-1)7-6;1-2-4-6-7-5-3-1;1-2-4-5-3-1;1-2-4-3-1;1-2-3-1/h5-6H,1-4H2;1-6H2;1-4H2;1-3H2;1-2H2.